The average Bonchev–Trinajstić information content (AvgIpc) is 2.89. The van der Waals surface area contributed by atoms with Crippen molar-refractivity contribution >= 4 is 28.6 Å². The Morgan fingerprint density at radius 1 is 1.20 bits per heavy atom. The lowest BCUT2D eigenvalue weighted by molar-refractivity contribution is 0.239. The molecular formula is C16H18FN7S. The number of hydrogen-bond donors (Lipinski definition) is 2. The Labute approximate surface area is 148 Å². The molecular weight excluding hydrogens is 341 g/mol. The number of aromatic nitrogens is 3. The summed E-state index contributed by atoms with van der Waals surface area (Å²) in [6, 6.07) is 3.60. The molecule has 25 heavy (non-hydrogen) atoms. The highest BCUT2D eigenvalue weighted by atomic mass is 32.2. The normalized spacial score (nSPS) is 28.6. The zero-order chi connectivity index (χ0) is 17.7. The van der Waals surface area contributed by atoms with Crippen LogP contribution in [-0.2, 0) is 5.54 Å². The molecule has 1 saturated heterocycles. The fourth-order valence-electron chi connectivity index (χ4n) is 3.59. The topological polar surface area (TPSA) is 106 Å². The van der Waals surface area contributed by atoms with Gasteiger partial charge in [0.2, 0.25) is 5.95 Å². The molecule has 2 aliphatic rings. The van der Waals surface area contributed by atoms with E-state index in [9.17, 15) is 4.39 Å². The summed E-state index contributed by atoms with van der Waals surface area (Å²) < 4.78 is 13.2. The van der Waals surface area contributed by atoms with E-state index >= 15 is 0 Å². The third-order valence-electron chi connectivity index (χ3n) is 4.89. The standard InChI is InChI=1S/C16H18FN7S/c1-15-7-24(14-21-5-10(17)6-22-14)8-16(15,23-13(19)25-9-15)12-4-11(18)2-3-20-12/h2-6H,7-9H2,1H3,(H2,18,20)(H2,19,23)/t15-,16+/m0/s1. The number of amidine groups is 1. The molecule has 9 heteroatoms. The molecule has 0 aliphatic carbocycles. The predicted octanol–water partition coefficient (Wildman–Crippen LogP) is 1.38. The van der Waals surface area contributed by atoms with Crippen LogP contribution >= 0.6 is 11.8 Å². The number of pyridine rings is 1. The van der Waals surface area contributed by atoms with Gasteiger partial charge in [0.15, 0.2) is 11.0 Å². The third-order valence-corrected chi connectivity index (χ3v) is 6.06. The Morgan fingerprint density at radius 3 is 2.68 bits per heavy atom. The highest BCUT2D eigenvalue weighted by Gasteiger charge is 2.59. The van der Waals surface area contributed by atoms with Crippen molar-refractivity contribution in [1.82, 2.24) is 15.0 Å². The van der Waals surface area contributed by atoms with Crippen molar-refractivity contribution in [2.45, 2.75) is 12.5 Å². The van der Waals surface area contributed by atoms with E-state index in [0.717, 1.165) is 11.4 Å². The van der Waals surface area contributed by atoms with E-state index in [1.165, 1.54) is 24.2 Å². The van der Waals surface area contributed by atoms with Crippen LogP contribution in [0.15, 0.2) is 35.7 Å². The van der Waals surface area contributed by atoms with Crippen molar-refractivity contribution in [1.29, 1.82) is 0 Å². The SMILES string of the molecule is C[C@]12CSC(N)=N[C@@]1(c1cc(N)ccn1)CN(c1ncc(F)cn1)C2. The number of nitrogens with two attached hydrogens (primary N) is 2. The van der Waals surface area contributed by atoms with Gasteiger partial charge in [-0.2, -0.15) is 0 Å². The van der Waals surface area contributed by atoms with Crippen LogP contribution < -0.4 is 16.4 Å². The maximum absolute atomic E-state index is 13.2. The molecule has 0 saturated carbocycles. The van der Waals surface area contributed by atoms with Crippen LogP contribution in [0.1, 0.15) is 12.6 Å². The van der Waals surface area contributed by atoms with Gasteiger partial charge < -0.3 is 16.4 Å². The second kappa shape index (κ2) is 5.55. The van der Waals surface area contributed by atoms with Crippen molar-refractivity contribution in [2.75, 3.05) is 29.5 Å². The molecule has 4 N–H and O–H groups in total. The molecule has 4 rings (SSSR count). The van der Waals surface area contributed by atoms with Gasteiger partial charge >= 0.3 is 0 Å². The smallest absolute Gasteiger partial charge is 0.225 e. The molecule has 0 spiro atoms. The van der Waals surface area contributed by atoms with Crippen LogP contribution in [0.3, 0.4) is 0 Å². The lowest BCUT2D eigenvalue weighted by Crippen LogP contribution is -2.48. The first-order valence-corrected chi connectivity index (χ1v) is 8.83. The molecule has 7 nitrogen and oxygen atoms in total. The fourth-order valence-corrected chi connectivity index (χ4v) is 4.61. The largest absolute Gasteiger partial charge is 0.399 e. The van der Waals surface area contributed by atoms with E-state index in [0.29, 0.717) is 29.9 Å². The molecule has 2 aromatic rings. The quantitative estimate of drug-likeness (QED) is 0.834. The van der Waals surface area contributed by atoms with Crippen molar-refractivity contribution in [3.8, 4) is 0 Å². The van der Waals surface area contributed by atoms with E-state index in [1.807, 2.05) is 11.0 Å². The number of nitrogen functional groups attached to an aromatic ring is 1. The number of rotatable bonds is 2. The lowest BCUT2D eigenvalue weighted by atomic mass is 9.72. The molecule has 130 valence electrons. The average molecular weight is 359 g/mol. The highest BCUT2D eigenvalue weighted by molar-refractivity contribution is 8.13. The summed E-state index contributed by atoms with van der Waals surface area (Å²) in [7, 11) is 0. The number of thioether (sulfide) groups is 1. The van der Waals surface area contributed by atoms with E-state index in [1.54, 1.807) is 12.3 Å². The minimum Gasteiger partial charge on any atom is -0.399 e. The van der Waals surface area contributed by atoms with Gasteiger partial charge in [-0.05, 0) is 12.1 Å². The van der Waals surface area contributed by atoms with Gasteiger partial charge in [0.25, 0.3) is 0 Å². The first-order chi connectivity index (χ1) is 11.9. The summed E-state index contributed by atoms with van der Waals surface area (Å²) in [4.78, 5) is 19.6. The molecule has 1 fully saturated rings. The number of nitrogens with zero attached hydrogens (tertiary/aromatic N) is 5. The summed E-state index contributed by atoms with van der Waals surface area (Å²) in [6.07, 6.45) is 4.03. The Balaban J connectivity index is 1.82. The highest BCUT2D eigenvalue weighted by Crippen LogP contribution is 2.53. The zero-order valence-electron chi connectivity index (χ0n) is 13.7. The Morgan fingerprint density at radius 2 is 1.96 bits per heavy atom. The van der Waals surface area contributed by atoms with Crippen molar-refractivity contribution in [2.24, 2.45) is 16.1 Å². The van der Waals surface area contributed by atoms with Crippen LogP contribution in [0.5, 0.6) is 0 Å². The monoisotopic (exact) mass is 359 g/mol. The van der Waals surface area contributed by atoms with Crippen LogP contribution in [-0.4, -0.2) is 39.0 Å². The third kappa shape index (κ3) is 2.50. The van der Waals surface area contributed by atoms with Gasteiger partial charge in [0.05, 0.1) is 24.6 Å². The molecule has 2 atom stereocenters. The molecule has 0 aromatic carbocycles. The van der Waals surface area contributed by atoms with Gasteiger partial charge in [-0.15, -0.1) is 0 Å². The van der Waals surface area contributed by atoms with Crippen LogP contribution in [0.25, 0.3) is 0 Å². The van der Waals surface area contributed by atoms with Gasteiger partial charge in [0, 0.05) is 29.6 Å². The van der Waals surface area contributed by atoms with Crippen LogP contribution in [0.4, 0.5) is 16.0 Å². The van der Waals surface area contributed by atoms with Crippen molar-refractivity contribution in [3.05, 3.63) is 42.2 Å². The summed E-state index contributed by atoms with van der Waals surface area (Å²) in [5, 5.41) is 0.531. The maximum Gasteiger partial charge on any atom is 0.225 e. The molecule has 4 heterocycles. The molecule has 2 aromatic heterocycles. The lowest BCUT2D eigenvalue weighted by Gasteiger charge is -2.41. The van der Waals surface area contributed by atoms with E-state index in [2.05, 4.69) is 21.9 Å². The van der Waals surface area contributed by atoms with E-state index < -0.39 is 11.4 Å². The van der Waals surface area contributed by atoms with Gasteiger partial charge in [-0.1, -0.05) is 18.7 Å². The Kier molecular flexibility index (Phi) is 3.57. The Hall–Kier alpha value is -2.42. The number of halogens is 1. The summed E-state index contributed by atoms with van der Waals surface area (Å²) in [6.45, 7) is 3.33. The second-order valence-electron chi connectivity index (χ2n) is 6.69. The molecule has 0 bridgehead atoms. The van der Waals surface area contributed by atoms with Crippen molar-refractivity contribution < 1.29 is 4.39 Å². The summed E-state index contributed by atoms with van der Waals surface area (Å²) >= 11 is 1.53. The Bertz CT molecular complexity index is 843. The summed E-state index contributed by atoms with van der Waals surface area (Å²) in [5.74, 6) is 0.798. The number of fused-ring (bicyclic) bond motifs is 1. The van der Waals surface area contributed by atoms with Gasteiger partial charge in [-0.25, -0.2) is 19.4 Å². The molecule has 2 aliphatic heterocycles. The van der Waals surface area contributed by atoms with Crippen LogP contribution in [0, 0.1) is 11.2 Å². The molecule has 0 amide bonds. The van der Waals surface area contributed by atoms with Crippen LogP contribution in [0.2, 0.25) is 0 Å². The zero-order valence-corrected chi connectivity index (χ0v) is 14.5. The van der Waals surface area contributed by atoms with E-state index in [-0.39, 0.29) is 5.41 Å². The molecule has 0 radical (unpaired) electrons. The number of hydrogen-bond acceptors (Lipinski definition) is 8. The summed E-state index contributed by atoms with van der Waals surface area (Å²) in [5.41, 5.74) is 12.6. The van der Waals surface area contributed by atoms with Crippen molar-refractivity contribution in [3.63, 3.8) is 0 Å². The van der Waals surface area contributed by atoms with E-state index in [4.69, 9.17) is 16.5 Å². The predicted molar refractivity (Wildman–Crippen MR) is 96.7 cm³/mol. The van der Waals surface area contributed by atoms with Gasteiger partial charge in [0.1, 0.15) is 5.54 Å². The minimum absolute atomic E-state index is 0.237. The second-order valence-corrected chi connectivity index (χ2v) is 7.69. The number of aliphatic imine (C=N–C) groups is 1. The number of anilines is 2. The molecule has 0 unspecified atom stereocenters. The fraction of sp³-hybridized carbons (Fsp3) is 0.375. The maximum atomic E-state index is 13.2. The van der Waals surface area contributed by atoms with Gasteiger partial charge in [-0.3, -0.25) is 4.98 Å². The first-order valence-electron chi connectivity index (χ1n) is 7.85. The first kappa shape index (κ1) is 16.1. The minimum atomic E-state index is -0.643.